The van der Waals surface area contributed by atoms with Crippen LogP contribution in [0.15, 0.2) is 24.3 Å². The fourth-order valence-corrected chi connectivity index (χ4v) is 2.00. The number of imide groups is 1. The Morgan fingerprint density at radius 2 is 1.85 bits per heavy atom. The smallest absolute Gasteiger partial charge is 0.255 e. The van der Waals surface area contributed by atoms with E-state index in [1.807, 2.05) is 0 Å². The molecule has 6 heteroatoms. The summed E-state index contributed by atoms with van der Waals surface area (Å²) in [5.41, 5.74) is -0.661. The number of benzene rings is 1. The van der Waals surface area contributed by atoms with Crippen LogP contribution in [-0.4, -0.2) is 41.8 Å². The van der Waals surface area contributed by atoms with E-state index < -0.39 is 17.4 Å². The number of nitrogens with one attached hydrogen (secondary N) is 1. The molecule has 106 valence electrons. The van der Waals surface area contributed by atoms with E-state index in [1.54, 1.807) is 38.1 Å². The molecule has 1 aliphatic heterocycles. The van der Waals surface area contributed by atoms with Gasteiger partial charge in [0.15, 0.2) is 0 Å². The molecule has 1 N–H and O–H groups in total. The average molecular weight is 276 g/mol. The van der Waals surface area contributed by atoms with Crippen molar-refractivity contribution in [3.8, 4) is 5.75 Å². The van der Waals surface area contributed by atoms with Gasteiger partial charge in [-0.2, -0.15) is 0 Å². The first kappa shape index (κ1) is 14.0. The SMILES string of the molecule is COc1ccc(C(=O)N2CC(=O)NC(=O)C2(C)C)cc1. The highest BCUT2D eigenvalue weighted by atomic mass is 16.5. The molecule has 1 aromatic carbocycles. The molecule has 20 heavy (non-hydrogen) atoms. The van der Waals surface area contributed by atoms with E-state index in [-0.39, 0.29) is 12.5 Å². The Bertz CT molecular complexity index is 563. The summed E-state index contributed by atoms with van der Waals surface area (Å²) in [6.07, 6.45) is 0. The van der Waals surface area contributed by atoms with Crippen LogP contribution in [-0.2, 0) is 9.59 Å². The number of amides is 3. The monoisotopic (exact) mass is 276 g/mol. The molecule has 0 aromatic heterocycles. The third-order valence-electron chi connectivity index (χ3n) is 3.37. The number of ether oxygens (including phenoxy) is 1. The van der Waals surface area contributed by atoms with Crippen molar-refractivity contribution in [2.24, 2.45) is 0 Å². The summed E-state index contributed by atoms with van der Waals surface area (Å²) in [7, 11) is 1.54. The van der Waals surface area contributed by atoms with Crippen molar-refractivity contribution in [1.82, 2.24) is 10.2 Å². The number of carbonyl (C=O) groups is 3. The van der Waals surface area contributed by atoms with Gasteiger partial charge < -0.3 is 9.64 Å². The van der Waals surface area contributed by atoms with E-state index in [0.717, 1.165) is 0 Å². The second-order valence-electron chi connectivity index (χ2n) is 5.06. The number of carbonyl (C=O) groups excluding carboxylic acids is 3. The summed E-state index contributed by atoms with van der Waals surface area (Å²) in [5.74, 6) is -0.680. The highest BCUT2D eigenvalue weighted by molar-refractivity contribution is 6.08. The van der Waals surface area contributed by atoms with Gasteiger partial charge in [-0.15, -0.1) is 0 Å². The predicted molar refractivity (Wildman–Crippen MR) is 71.3 cm³/mol. The Balaban J connectivity index is 2.30. The van der Waals surface area contributed by atoms with Crippen molar-refractivity contribution < 1.29 is 19.1 Å². The van der Waals surface area contributed by atoms with Gasteiger partial charge in [-0.25, -0.2) is 0 Å². The molecule has 6 nitrogen and oxygen atoms in total. The minimum absolute atomic E-state index is 0.135. The van der Waals surface area contributed by atoms with Crippen molar-refractivity contribution in [2.45, 2.75) is 19.4 Å². The van der Waals surface area contributed by atoms with E-state index >= 15 is 0 Å². The first-order chi connectivity index (χ1) is 9.36. The quantitative estimate of drug-likeness (QED) is 0.801. The van der Waals surface area contributed by atoms with E-state index in [0.29, 0.717) is 11.3 Å². The highest BCUT2D eigenvalue weighted by Crippen LogP contribution is 2.22. The number of nitrogens with zero attached hydrogens (tertiary/aromatic N) is 1. The Hall–Kier alpha value is -2.37. The second-order valence-corrected chi connectivity index (χ2v) is 5.06. The summed E-state index contributed by atoms with van der Waals surface area (Å²) < 4.78 is 5.03. The van der Waals surface area contributed by atoms with Crippen LogP contribution >= 0.6 is 0 Å². The fourth-order valence-electron chi connectivity index (χ4n) is 2.00. The lowest BCUT2D eigenvalue weighted by atomic mass is 9.97. The van der Waals surface area contributed by atoms with Gasteiger partial charge >= 0.3 is 0 Å². The maximum atomic E-state index is 12.5. The van der Waals surface area contributed by atoms with Crippen LogP contribution in [0.4, 0.5) is 0 Å². The van der Waals surface area contributed by atoms with Crippen molar-refractivity contribution in [3.63, 3.8) is 0 Å². The van der Waals surface area contributed by atoms with E-state index in [1.165, 1.54) is 12.0 Å². The van der Waals surface area contributed by atoms with Gasteiger partial charge in [0.2, 0.25) is 5.91 Å². The Morgan fingerprint density at radius 1 is 1.25 bits per heavy atom. The van der Waals surface area contributed by atoms with Crippen LogP contribution in [0, 0.1) is 0 Å². The zero-order chi connectivity index (χ0) is 14.9. The third kappa shape index (κ3) is 2.36. The molecule has 1 saturated heterocycles. The molecule has 1 heterocycles. The summed E-state index contributed by atoms with van der Waals surface area (Å²) in [6, 6.07) is 6.53. The lowest BCUT2D eigenvalue weighted by Crippen LogP contribution is -2.65. The molecule has 3 amide bonds. The highest BCUT2D eigenvalue weighted by Gasteiger charge is 2.43. The van der Waals surface area contributed by atoms with Gasteiger partial charge in [0.25, 0.3) is 11.8 Å². The minimum Gasteiger partial charge on any atom is -0.497 e. The molecule has 0 saturated carbocycles. The van der Waals surface area contributed by atoms with Crippen molar-refractivity contribution in [1.29, 1.82) is 0 Å². The topological polar surface area (TPSA) is 75.7 Å². The van der Waals surface area contributed by atoms with Gasteiger partial charge in [-0.1, -0.05) is 0 Å². The van der Waals surface area contributed by atoms with E-state index in [2.05, 4.69) is 5.32 Å². The Labute approximate surface area is 116 Å². The first-order valence-corrected chi connectivity index (χ1v) is 6.16. The summed E-state index contributed by atoms with van der Waals surface area (Å²) in [5, 5.41) is 2.23. The number of piperazine rings is 1. The maximum Gasteiger partial charge on any atom is 0.255 e. The molecule has 0 atom stereocenters. The Kier molecular flexibility index (Phi) is 3.48. The lowest BCUT2D eigenvalue weighted by Gasteiger charge is -2.40. The van der Waals surface area contributed by atoms with Crippen LogP contribution in [0.2, 0.25) is 0 Å². The largest absolute Gasteiger partial charge is 0.497 e. The van der Waals surface area contributed by atoms with Crippen LogP contribution in [0.25, 0.3) is 0 Å². The van der Waals surface area contributed by atoms with Crippen LogP contribution in [0.1, 0.15) is 24.2 Å². The fraction of sp³-hybridized carbons (Fsp3) is 0.357. The zero-order valence-electron chi connectivity index (χ0n) is 11.6. The van der Waals surface area contributed by atoms with Crippen molar-refractivity contribution in [3.05, 3.63) is 29.8 Å². The Morgan fingerprint density at radius 3 is 2.40 bits per heavy atom. The summed E-state index contributed by atoms with van der Waals surface area (Å²) in [6.45, 7) is 3.08. The van der Waals surface area contributed by atoms with E-state index in [4.69, 9.17) is 4.74 Å². The van der Waals surface area contributed by atoms with Gasteiger partial charge in [0, 0.05) is 5.56 Å². The molecule has 0 unspecified atom stereocenters. The number of rotatable bonds is 2. The van der Waals surface area contributed by atoms with Gasteiger partial charge in [0.05, 0.1) is 7.11 Å². The van der Waals surface area contributed by atoms with Crippen LogP contribution in [0.3, 0.4) is 0 Å². The normalized spacial score (nSPS) is 17.6. The van der Waals surface area contributed by atoms with Crippen molar-refractivity contribution in [2.75, 3.05) is 13.7 Å². The first-order valence-electron chi connectivity index (χ1n) is 6.16. The third-order valence-corrected chi connectivity index (χ3v) is 3.37. The molecule has 1 aliphatic rings. The number of hydrogen-bond acceptors (Lipinski definition) is 4. The van der Waals surface area contributed by atoms with Crippen LogP contribution < -0.4 is 10.1 Å². The summed E-state index contributed by atoms with van der Waals surface area (Å²) >= 11 is 0. The number of methoxy groups -OCH3 is 1. The zero-order valence-corrected chi connectivity index (χ0v) is 11.6. The molecular formula is C14H16N2O4. The predicted octanol–water partition coefficient (Wildman–Crippen LogP) is 0.572. The molecule has 1 aromatic rings. The van der Waals surface area contributed by atoms with E-state index in [9.17, 15) is 14.4 Å². The lowest BCUT2D eigenvalue weighted by molar-refractivity contribution is -0.143. The molecular weight excluding hydrogens is 260 g/mol. The molecule has 0 radical (unpaired) electrons. The standard InChI is InChI=1S/C14H16N2O4/c1-14(2)13(19)15-11(17)8-16(14)12(18)9-4-6-10(20-3)7-5-9/h4-7H,8H2,1-3H3,(H,15,17,19). The minimum atomic E-state index is -1.06. The maximum absolute atomic E-state index is 12.5. The molecule has 0 bridgehead atoms. The number of hydrogen-bond donors (Lipinski definition) is 1. The molecule has 2 rings (SSSR count). The molecule has 0 spiro atoms. The van der Waals surface area contributed by atoms with Gasteiger partial charge in [-0.05, 0) is 38.1 Å². The van der Waals surface area contributed by atoms with Gasteiger partial charge in [0.1, 0.15) is 17.8 Å². The van der Waals surface area contributed by atoms with Crippen LogP contribution in [0.5, 0.6) is 5.75 Å². The van der Waals surface area contributed by atoms with Gasteiger partial charge in [-0.3, -0.25) is 19.7 Å². The summed E-state index contributed by atoms with van der Waals surface area (Å²) in [4.78, 5) is 37.0. The molecule has 0 aliphatic carbocycles. The average Bonchev–Trinajstić information content (AvgIpc) is 2.42. The second kappa shape index (κ2) is 4.96. The molecule has 1 fully saturated rings. The van der Waals surface area contributed by atoms with Crippen molar-refractivity contribution >= 4 is 17.7 Å².